The number of fused-ring (bicyclic) bond motifs is 3. The zero-order valence-corrected chi connectivity index (χ0v) is 16.1. The predicted molar refractivity (Wildman–Crippen MR) is 108 cm³/mol. The van der Waals surface area contributed by atoms with Gasteiger partial charge in [0, 0.05) is 27.4 Å². The number of carboxylic acids is 1. The number of hydrogen-bond acceptors (Lipinski definition) is 1. The number of aliphatic carboxylic acids is 1. The molecule has 3 aromatic rings. The first-order chi connectivity index (χ1) is 11.9. The van der Waals surface area contributed by atoms with Crippen LogP contribution in [0.4, 0.5) is 0 Å². The number of nitrogens with zero attached hydrogens (tertiary/aromatic N) is 1. The molecule has 0 atom stereocenters. The van der Waals surface area contributed by atoms with Gasteiger partial charge in [0.15, 0.2) is 8.24 Å². The Morgan fingerprint density at radius 2 is 1.56 bits per heavy atom. The second-order valence-electron chi connectivity index (χ2n) is 7.27. The van der Waals surface area contributed by atoms with Gasteiger partial charge in [-0.15, -0.1) is 0 Å². The van der Waals surface area contributed by atoms with E-state index in [0.717, 1.165) is 18.9 Å². The summed E-state index contributed by atoms with van der Waals surface area (Å²) in [5.74, 6) is -0.820. The molecule has 3 nitrogen and oxygen atoms in total. The second kappa shape index (κ2) is 6.88. The summed E-state index contributed by atoms with van der Waals surface area (Å²) in [6.45, 7) is 6.47. The molecule has 1 heterocycles. The van der Waals surface area contributed by atoms with Gasteiger partial charge in [0.2, 0.25) is 0 Å². The Balaban J connectivity index is 1.93. The maximum Gasteiger partial charge on any atom is 0.330 e. The van der Waals surface area contributed by atoms with Gasteiger partial charge in [-0.05, 0) is 31.5 Å². The number of hydrogen-bond donors (Lipinski definition) is 1. The van der Waals surface area contributed by atoms with Crippen molar-refractivity contribution in [1.82, 2.24) is 4.23 Å². The highest BCUT2D eigenvalue weighted by molar-refractivity contribution is 6.77. The Labute approximate surface area is 149 Å². The monoisotopic (exact) mass is 351 g/mol. The number of carbonyl (C=O) groups is 1. The fourth-order valence-corrected chi connectivity index (χ4v) is 6.61. The minimum atomic E-state index is -1.72. The maximum atomic E-state index is 10.9. The van der Waals surface area contributed by atoms with Crippen LogP contribution < -0.4 is 0 Å². The largest absolute Gasteiger partial charge is 0.478 e. The van der Waals surface area contributed by atoms with Crippen LogP contribution in [0.1, 0.15) is 19.8 Å². The van der Waals surface area contributed by atoms with Gasteiger partial charge in [-0.25, -0.2) is 4.79 Å². The highest BCUT2D eigenvalue weighted by Crippen LogP contribution is 2.33. The molecule has 3 rings (SSSR count). The van der Waals surface area contributed by atoms with E-state index in [-0.39, 0.29) is 0 Å². The molecule has 0 fully saturated rings. The van der Waals surface area contributed by atoms with Crippen molar-refractivity contribution in [3.05, 3.63) is 60.2 Å². The summed E-state index contributed by atoms with van der Waals surface area (Å²) in [5.41, 5.74) is 3.08. The molecule has 0 bridgehead atoms. The SMILES string of the molecule is CC(=CCCC[Si](C)(C)n1c2ccccc2c2ccccc21)C(=O)O. The van der Waals surface area contributed by atoms with E-state index in [4.69, 9.17) is 5.11 Å². The molecule has 130 valence electrons. The summed E-state index contributed by atoms with van der Waals surface area (Å²) in [5, 5.41) is 11.6. The van der Waals surface area contributed by atoms with Crippen molar-refractivity contribution in [2.24, 2.45) is 0 Å². The molecule has 0 radical (unpaired) electrons. The van der Waals surface area contributed by atoms with Gasteiger partial charge in [0.1, 0.15) is 0 Å². The zero-order valence-electron chi connectivity index (χ0n) is 15.1. The molecular weight excluding hydrogens is 326 g/mol. The first-order valence-electron chi connectivity index (χ1n) is 8.80. The molecule has 0 unspecified atom stereocenters. The van der Waals surface area contributed by atoms with Crippen molar-refractivity contribution < 1.29 is 9.90 Å². The van der Waals surface area contributed by atoms with E-state index >= 15 is 0 Å². The number of para-hydroxylation sites is 2. The van der Waals surface area contributed by atoms with E-state index in [1.807, 2.05) is 6.08 Å². The lowest BCUT2D eigenvalue weighted by atomic mass is 10.2. The van der Waals surface area contributed by atoms with Gasteiger partial charge in [-0.3, -0.25) is 0 Å². The molecule has 25 heavy (non-hydrogen) atoms. The number of carboxylic acid groups (broad SMARTS) is 1. The van der Waals surface area contributed by atoms with Crippen molar-refractivity contribution >= 4 is 36.0 Å². The van der Waals surface area contributed by atoms with Crippen LogP contribution in [0.3, 0.4) is 0 Å². The molecule has 1 aromatic heterocycles. The molecule has 0 amide bonds. The molecule has 0 saturated carbocycles. The maximum absolute atomic E-state index is 10.9. The summed E-state index contributed by atoms with van der Waals surface area (Å²) in [7, 11) is -1.72. The van der Waals surface area contributed by atoms with E-state index in [9.17, 15) is 4.79 Å². The van der Waals surface area contributed by atoms with E-state index in [1.165, 1.54) is 21.8 Å². The minimum absolute atomic E-state index is 0.441. The summed E-state index contributed by atoms with van der Waals surface area (Å²) in [6, 6.07) is 18.4. The van der Waals surface area contributed by atoms with E-state index < -0.39 is 14.2 Å². The smallest absolute Gasteiger partial charge is 0.330 e. The third kappa shape index (κ3) is 3.40. The van der Waals surface area contributed by atoms with Gasteiger partial charge in [0.05, 0.1) is 0 Å². The van der Waals surface area contributed by atoms with Crippen molar-refractivity contribution in [3.8, 4) is 0 Å². The molecule has 0 saturated heterocycles. The van der Waals surface area contributed by atoms with Gasteiger partial charge < -0.3 is 9.34 Å². The van der Waals surface area contributed by atoms with Gasteiger partial charge in [-0.2, -0.15) is 0 Å². The standard InChI is InChI=1S/C21H25NO2Si/c1-16(21(23)24)10-8-9-15-25(2,3)22-19-13-6-4-11-17(19)18-12-5-7-14-20(18)22/h4-7,10-14H,8-9,15H2,1-3H3,(H,23,24). The minimum Gasteiger partial charge on any atom is -0.478 e. The quantitative estimate of drug-likeness (QED) is 0.354. The van der Waals surface area contributed by atoms with Crippen LogP contribution >= 0.6 is 0 Å². The molecule has 0 aliphatic carbocycles. The Morgan fingerprint density at radius 1 is 1.04 bits per heavy atom. The lowest BCUT2D eigenvalue weighted by Crippen LogP contribution is -2.35. The summed E-state index contributed by atoms with van der Waals surface area (Å²) >= 11 is 0. The Hall–Kier alpha value is -2.33. The average molecular weight is 352 g/mol. The van der Waals surface area contributed by atoms with E-state index in [2.05, 4.69) is 65.9 Å². The van der Waals surface area contributed by atoms with Crippen molar-refractivity contribution in [2.45, 2.75) is 38.9 Å². The third-order valence-electron chi connectivity index (χ3n) is 4.97. The Kier molecular flexibility index (Phi) is 4.82. The predicted octanol–water partition coefficient (Wildman–Crippen LogP) is 5.66. The summed E-state index contributed by atoms with van der Waals surface area (Å²) < 4.78 is 2.57. The molecular formula is C21H25NO2Si. The number of unbranched alkanes of at least 4 members (excludes halogenated alkanes) is 1. The van der Waals surface area contributed by atoms with E-state index in [0.29, 0.717) is 5.57 Å². The summed E-state index contributed by atoms with van der Waals surface area (Å²) in [4.78, 5) is 10.9. The number of rotatable bonds is 6. The fourth-order valence-electron chi connectivity index (χ4n) is 3.63. The van der Waals surface area contributed by atoms with Crippen LogP contribution in [0, 0.1) is 0 Å². The lowest BCUT2D eigenvalue weighted by Gasteiger charge is -2.27. The highest BCUT2D eigenvalue weighted by atomic mass is 28.3. The lowest BCUT2D eigenvalue weighted by molar-refractivity contribution is -0.132. The first-order valence-corrected chi connectivity index (χ1v) is 12.0. The highest BCUT2D eigenvalue weighted by Gasteiger charge is 2.27. The van der Waals surface area contributed by atoms with Crippen LogP contribution in [-0.4, -0.2) is 23.5 Å². The van der Waals surface area contributed by atoms with Gasteiger partial charge in [-0.1, -0.05) is 62.0 Å². The van der Waals surface area contributed by atoms with Gasteiger partial charge >= 0.3 is 5.97 Å². The molecule has 2 aromatic carbocycles. The Morgan fingerprint density at radius 3 is 2.08 bits per heavy atom. The molecule has 0 aliphatic heterocycles. The fraction of sp³-hybridized carbons (Fsp3) is 0.286. The number of aromatic nitrogens is 1. The molecule has 0 aliphatic rings. The van der Waals surface area contributed by atoms with Crippen LogP contribution in [0.15, 0.2) is 60.2 Å². The number of benzene rings is 2. The molecule has 4 heteroatoms. The first kappa shape index (κ1) is 17.5. The van der Waals surface area contributed by atoms with Crippen LogP contribution in [0.2, 0.25) is 19.1 Å². The average Bonchev–Trinajstić information content (AvgIpc) is 2.93. The van der Waals surface area contributed by atoms with Crippen LogP contribution in [-0.2, 0) is 4.79 Å². The zero-order chi connectivity index (χ0) is 18.0. The summed E-state index contributed by atoms with van der Waals surface area (Å²) in [6.07, 6.45) is 3.69. The Bertz CT molecular complexity index is 900. The third-order valence-corrected chi connectivity index (χ3v) is 8.24. The van der Waals surface area contributed by atoms with Gasteiger partial charge in [0.25, 0.3) is 0 Å². The topological polar surface area (TPSA) is 42.2 Å². The van der Waals surface area contributed by atoms with Crippen molar-refractivity contribution in [3.63, 3.8) is 0 Å². The number of allylic oxidation sites excluding steroid dienone is 1. The van der Waals surface area contributed by atoms with Crippen molar-refractivity contribution in [2.75, 3.05) is 0 Å². The van der Waals surface area contributed by atoms with E-state index in [1.54, 1.807) is 6.92 Å². The normalized spacial score (nSPS) is 12.8. The van der Waals surface area contributed by atoms with Crippen LogP contribution in [0.25, 0.3) is 21.8 Å². The van der Waals surface area contributed by atoms with Crippen LogP contribution in [0.5, 0.6) is 0 Å². The molecule has 1 N–H and O–H groups in total. The molecule has 0 spiro atoms. The second-order valence-corrected chi connectivity index (χ2v) is 11.8. The van der Waals surface area contributed by atoms with Crippen molar-refractivity contribution in [1.29, 1.82) is 0 Å².